The molecule has 0 radical (unpaired) electrons. The SMILES string of the molecule is N#Cc1ccccc1NC(=O)c1ccnc(N2CCN(Cc3ccccc3)CC2)n1. The molecule has 0 atom stereocenters. The lowest BCUT2D eigenvalue weighted by atomic mass is 10.2. The smallest absolute Gasteiger partial charge is 0.274 e. The molecule has 1 N–H and O–H groups in total. The van der Waals surface area contributed by atoms with Crippen molar-refractivity contribution in [2.75, 3.05) is 36.4 Å². The second-order valence-electron chi connectivity index (χ2n) is 7.10. The molecule has 0 spiro atoms. The topological polar surface area (TPSA) is 85.1 Å². The fourth-order valence-corrected chi connectivity index (χ4v) is 3.45. The van der Waals surface area contributed by atoms with Gasteiger partial charge < -0.3 is 10.2 Å². The summed E-state index contributed by atoms with van der Waals surface area (Å²) in [4.78, 5) is 26.0. The number of carbonyl (C=O) groups is 1. The van der Waals surface area contributed by atoms with Crippen LogP contribution >= 0.6 is 0 Å². The van der Waals surface area contributed by atoms with Gasteiger partial charge in [0.25, 0.3) is 5.91 Å². The molecule has 1 aromatic heterocycles. The lowest BCUT2D eigenvalue weighted by molar-refractivity contribution is 0.102. The maximum absolute atomic E-state index is 12.6. The van der Waals surface area contributed by atoms with Gasteiger partial charge in [-0.2, -0.15) is 5.26 Å². The molecule has 2 heterocycles. The Morgan fingerprint density at radius 2 is 1.73 bits per heavy atom. The molecule has 30 heavy (non-hydrogen) atoms. The van der Waals surface area contributed by atoms with E-state index in [1.807, 2.05) is 6.07 Å². The first kappa shape index (κ1) is 19.6. The predicted molar refractivity (Wildman–Crippen MR) is 115 cm³/mol. The number of rotatable bonds is 5. The number of nitrogens with zero attached hydrogens (tertiary/aromatic N) is 5. The average Bonchev–Trinajstić information content (AvgIpc) is 2.81. The molecule has 150 valence electrons. The Balaban J connectivity index is 1.39. The van der Waals surface area contributed by atoms with Gasteiger partial charge in [-0.15, -0.1) is 0 Å². The summed E-state index contributed by atoms with van der Waals surface area (Å²) in [6.07, 6.45) is 1.60. The Bertz CT molecular complexity index is 1050. The minimum absolute atomic E-state index is 0.277. The molecule has 1 saturated heterocycles. The lowest BCUT2D eigenvalue weighted by Gasteiger charge is -2.34. The van der Waals surface area contributed by atoms with Gasteiger partial charge in [0.1, 0.15) is 11.8 Å². The molecule has 1 amide bonds. The molecule has 0 bridgehead atoms. The number of benzene rings is 2. The van der Waals surface area contributed by atoms with Crippen LogP contribution in [0.15, 0.2) is 66.9 Å². The fraction of sp³-hybridized carbons (Fsp3) is 0.217. The van der Waals surface area contributed by atoms with E-state index in [-0.39, 0.29) is 11.6 Å². The van der Waals surface area contributed by atoms with E-state index in [4.69, 9.17) is 0 Å². The molecule has 7 nitrogen and oxygen atoms in total. The quantitative estimate of drug-likeness (QED) is 0.711. The molecule has 1 fully saturated rings. The summed E-state index contributed by atoms with van der Waals surface area (Å²) in [5.74, 6) is 0.194. The zero-order valence-corrected chi connectivity index (χ0v) is 16.5. The number of piperazine rings is 1. The average molecular weight is 398 g/mol. The zero-order valence-electron chi connectivity index (χ0n) is 16.5. The number of aromatic nitrogens is 2. The standard InChI is InChI=1S/C23H22N6O/c24-16-19-8-4-5-9-20(19)26-22(30)21-10-11-25-23(27-21)29-14-12-28(13-15-29)17-18-6-2-1-3-7-18/h1-11H,12-15,17H2,(H,26,30). The molecule has 0 unspecified atom stereocenters. The van der Waals surface area contributed by atoms with Crippen LogP contribution in [0.1, 0.15) is 21.6 Å². The van der Waals surface area contributed by atoms with Gasteiger partial charge in [-0.1, -0.05) is 42.5 Å². The van der Waals surface area contributed by atoms with Crippen LogP contribution in [0.2, 0.25) is 0 Å². The molecule has 7 heteroatoms. The first-order chi connectivity index (χ1) is 14.7. The second-order valence-corrected chi connectivity index (χ2v) is 7.10. The molecular formula is C23H22N6O. The Morgan fingerprint density at radius 3 is 2.50 bits per heavy atom. The first-order valence-electron chi connectivity index (χ1n) is 9.88. The highest BCUT2D eigenvalue weighted by Crippen LogP contribution is 2.16. The van der Waals surface area contributed by atoms with E-state index in [0.29, 0.717) is 17.2 Å². The summed E-state index contributed by atoms with van der Waals surface area (Å²) >= 11 is 0. The predicted octanol–water partition coefficient (Wildman–Crippen LogP) is 2.92. The van der Waals surface area contributed by atoms with Crippen molar-refractivity contribution in [1.82, 2.24) is 14.9 Å². The Kier molecular flexibility index (Phi) is 5.97. The molecule has 1 aliphatic heterocycles. The number of nitriles is 1. The summed E-state index contributed by atoms with van der Waals surface area (Å²) in [5.41, 5.74) is 2.47. The maximum Gasteiger partial charge on any atom is 0.274 e. The minimum Gasteiger partial charge on any atom is -0.338 e. The third-order valence-corrected chi connectivity index (χ3v) is 5.08. The van der Waals surface area contributed by atoms with Gasteiger partial charge in [0.05, 0.1) is 11.3 Å². The number of hydrogen-bond donors (Lipinski definition) is 1. The van der Waals surface area contributed by atoms with Crippen molar-refractivity contribution in [3.05, 3.63) is 83.7 Å². The van der Waals surface area contributed by atoms with E-state index in [9.17, 15) is 10.1 Å². The number of para-hydroxylation sites is 1. The third-order valence-electron chi connectivity index (χ3n) is 5.08. The molecule has 0 aliphatic carbocycles. The molecule has 2 aromatic carbocycles. The van der Waals surface area contributed by atoms with Crippen LogP contribution in [0.3, 0.4) is 0 Å². The van der Waals surface area contributed by atoms with Gasteiger partial charge in [-0.3, -0.25) is 9.69 Å². The van der Waals surface area contributed by atoms with Gasteiger partial charge in [0.2, 0.25) is 5.95 Å². The van der Waals surface area contributed by atoms with Crippen molar-refractivity contribution in [2.24, 2.45) is 0 Å². The molecule has 1 aliphatic rings. The lowest BCUT2D eigenvalue weighted by Crippen LogP contribution is -2.46. The van der Waals surface area contributed by atoms with Crippen LogP contribution in [0, 0.1) is 11.3 Å². The summed E-state index contributed by atoms with van der Waals surface area (Å²) in [6, 6.07) is 21.0. The summed E-state index contributed by atoms with van der Waals surface area (Å²) in [6.45, 7) is 4.34. The third kappa shape index (κ3) is 4.62. The largest absolute Gasteiger partial charge is 0.338 e. The van der Waals surface area contributed by atoms with Crippen LogP contribution in [-0.2, 0) is 6.54 Å². The van der Waals surface area contributed by atoms with Crippen LogP contribution in [-0.4, -0.2) is 47.0 Å². The highest BCUT2D eigenvalue weighted by Gasteiger charge is 2.20. The number of carbonyl (C=O) groups excluding carboxylic acids is 1. The van der Waals surface area contributed by atoms with Crippen LogP contribution in [0.4, 0.5) is 11.6 Å². The van der Waals surface area contributed by atoms with Gasteiger partial charge >= 0.3 is 0 Å². The van der Waals surface area contributed by atoms with Gasteiger partial charge in [-0.25, -0.2) is 9.97 Å². The summed E-state index contributed by atoms with van der Waals surface area (Å²) in [7, 11) is 0. The first-order valence-corrected chi connectivity index (χ1v) is 9.88. The van der Waals surface area contributed by atoms with E-state index < -0.39 is 0 Å². The van der Waals surface area contributed by atoms with Crippen molar-refractivity contribution in [2.45, 2.75) is 6.54 Å². The van der Waals surface area contributed by atoms with Gasteiger partial charge in [-0.05, 0) is 23.8 Å². The second kappa shape index (κ2) is 9.16. The van der Waals surface area contributed by atoms with Crippen LogP contribution in [0.25, 0.3) is 0 Å². The number of amides is 1. The van der Waals surface area contributed by atoms with E-state index in [0.717, 1.165) is 32.7 Å². The number of hydrogen-bond acceptors (Lipinski definition) is 6. The van der Waals surface area contributed by atoms with E-state index in [1.165, 1.54) is 5.56 Å². The fourth-order valence-electron chi connectivity index (χ4n) is 3.45. The molecule has 0 saturated carbocycles. The highest BCUT2D eigenvalue weighted by atomic mass is 16.1. The van der Waals surface area contributed by atoms with Crippen LogP contribution < -0.4 is 10.2 Å². The van der Waals surface area contributed by atoms with E-state index >= 15 is 0 Å². The zero-order chi connectivity index (χ0) is 20.8. The van der Waals surface area contributed by atoms with Gasteiger partial charge in [0.15, 0.2) is 0 Å². The van der Waals surface area contributed by atoms with Crippen molar-refractivity contribution >= 4 is 17.5 Å². The van der Waals surface area contributed by atoms with Crippen molar-refractivity contribution in [3.63, 3.8) is 0 Å². The maximum atomic E-state index is 12.6. The number of anilines is 2. The molecule has 3 aromatic rings. The summed E-state index contributed by atoms with van der Waals surface area (Å²) in [5, 5.41) is 12.0. The monoisotopic (exact) mass is 398 g/mol. The summed E-state index contributed by atoms with van der Waals surface area (Å²) < 4.78 is 0. The normalized spacial score (nSPS) is 14.2. The Morgan fingerprint density at radius 1 is 1.00 bits per heavy atom. The Labute approximate surface area is 175 Å². The minimum atomic E-state index is -0.357. The molecular weight excluding hydrogens is 376 g/mol. The van der Waals surface area contributed by atoms with E-state index in [2.05, 4.69) is 55.4 Å². The van der Waals surface area contributed by atoms with Gasteiger partial charge in [0, 0.05) is 38.9 Å². The van der Waals surface area contributed by atoms with Crippen molar-refractivity contribution in [1.29, 1.82) is 5.26 Å². The molecule has 4 rings (SSSR count). The number of nitrogens with one attached hydrogen (secondary N) is 1. The van der Waals surface area contributed by atoms with Crippen molar-refractivity contribution < 1.29 is 4.79 Å². The van der Waals surface area contributed by atoms with Crippen LogP contribution in [0.5, 0.6) is 0 Å². The van der Waals surface area contributed by atoms with Crippen molar-refractivity contribution in [3.8, 4) is 6.07 Å². The van der Waals surface area contributed by atoms with E-state index in [1.54, 1.807) is 36.5 Å². The highest BCUT2D eigenvalue weighted by molar-refractivity contribution is 6.03. The Hall–Kier alpha value is -3.76.